The van der Waals surface area contributed by atoms with Crippen molar-refractivity contribution in [1.82, 2.24) is 15.0 Å². The molecular weight excluding hydrogens is 306 g/mol. The van der Waals surface area contributed by atoms with Crippen LogP contribution in [0, 0.1) is 6.92 Å². The Morgan fingerprint density at radius 3 is 3.00 bits per heavy atom. The van der Waals surface area contributed by atoms with Crippen molar-refractivity contribution < 1.29 is 0 Å². The van der Waals surface area contributed by atoms with E-state index in [2.05, 4.69) is 15.0 Å². The molecular formula is C15H16ClN3OS. The lowest BCUT2D eigenvalue weighted by Crippen LogP contribution is -2.21. The summed E-state index contributed by atoms with van der Waals surface area (Å²) in [5, 5.41) is 1.18. The topological polar surface area (TPSA) is 58.6 Å². The van der Waals surface area contributed by atoms with Crippen molar-refractivity contribution in [3.8, 4) is 0 Å². The molecule has 0 radical (unpaired) electrons. The summed E-state index contributed by atoms with van der Waals surface area (Å²) in [5.41, 5.74) is 3.92. The van der Waals surface area contributed by atoms with Crippen LogP contribution >= 0.6 is 23.4 Å². The van der Waals surface area contributed by atoms with Gasteiger partial charge < -0.3 is 4.98 Å². The number of fused-ring (bicyclic) bond motifs is 1. The average molecular weight is 322 g/mol. The van der Waals surface area contributed by atoms with Crippen molar-refractivity contribution in [2.75, 3.05) is 0 Å². The van der Waals surface area contributed by atoms with Crippen molar-refractivity contribution >= 4 is 23.4 Å². The number of nitrogens with zero attached hydrogens (tertiary/aromatic N) is 2. The molecule has 1 aliphatic carbocycles. The maximum Gasteiger partial charge on any atom is 0.254 e. The Labute approximate surface area is 132 Å². The molecule has 0 fully saturated rings. The normalized spacial score (nSPS) is 14.0. The molecule has 2 heterocycles. The zero-order valence-corrected chi connectivity index (χ0v) is 13.4. The van der Waals surface area contributed by atoms with Crippen molar-refractivity contribution in [2.45, 2.75) is 43.5 Å². The van der Waals surface area contributed by atoms with Gasteiger partial charge in [0.05, 0.1) is 5.69 Å². The number of H-pyrrole nitrogens is 1. The first-order valence-electron chi connectivity index (χ1n) is 7.00. The smallest absolute Gasteiger partial charge is 0.254 e. The molecule has 0 amide bonds. The van der Waals surface area contributed by atoms with Crippen molar-refractivity contribution in [3.63, 3.8) is 0 Å². The van der Waals surface area contributed by atoms with Gasteiger partial charge in [0.25, 0.3) is 5.56 Å². The fraction of sp³-hybridized carbons (Fsp3) is 0.400. The largest absolute Gasteiger partial charge is 0.301 e. The molecule has 1 aliphatic rings. The zero-order valence-electron chi connectivity index (χ0n) is 11.8. The minimum absolute atomic E-state index is 0.0104. The van der Waals surface area contributed by atoms with Crippen LogP contribution in [-0.2, 0) is 18.6 Å². The van der Waals surface area contributed by atoms with E-state index in [1.54, 1.807) is 6.20 Å². The predicted molar refractivity (Wildman–Crippen MR) is 85.0 cm³/mol. The Bertz CT molecular complexity index is 709. The van der Waals surface area contributed by atoms with Crippen LogP contribution < -0.4 is 5.56 Å². The Morgan fingerprint density at radius 1 is 1.38 bits per heavy atom. The Morgan fingerprint density at radius 2 is 2.19 bits per heavy atom. The minimum Gasteiger partial charge on any atom is -0.301 e. The number of hydrogen-bond donors (Lipinski definition) is 1. The van der Waals surface area contributed by atoms with Gasteiger partial charge in [0, 0.05) is 23.1 Å². The predicted octanol–water partition coefficient (Wildman–Crippen LogP) is 3.30. The zero-order chi connectivity index (χ0) is 14.8. The van der Waals surface area contributed by atoms with Crippen LogP contribution in [0.3, 0.4) is 0 Å². The molecule has 21 heavy (non-hydrogen) atoms. The molecule has 0 bridgehead atoms. The number of aryl methyl sites for hydroxylation is 2. The van der Waals surface area contributed by atoms with Gasteiger partial charge in [-0.15, -0.1) is 0 Å². The maximum absolute atomic E-state index is 12.1. The second kappa shape index (κ2) is 6.20. The third kappa shape index (κ3) is 3.14. The molecule has 1 N–H and O–H groups in total. The molecule has 0 aliphatic heterocycles. The molecule has 2 aromatic heterocycles. The van der Waals surface area contributed by atoms with E-state index in [0.717, 1.165) is 48.1 Å². The van der Waals surface area contributed by atoms with Gasteiger partial charge in [-0.2, -0.15) is 0 Å². The highest BCUT2D eigenvalue weighted by Gasteiger charge is 2.16. The number of rotatable bonds is 3. The van der Waals surface area contributed by atoms with E-state index in [4.69, 9.17) is 11.6 Å². The highest BCUT2D eigenvalue weighted by molar-refractivity contribution is 7.98. The van der Waals surface area contributed by atoms with Crippen LogP contribution in [0.25, 0.3) is 0 Å². The molecule has 3 rings (SSSR count). The number of nitrogens with one attached hydrogen (secondary N) is 1. The highest BCUT2D eigenvalue weighted by atomic mass is 35.5. The fourth-order valence-corrected chi connectivity index (χ4v) is 3.85. The van der Waals surface area contributed by atoms with E-state index in [1.807, 2.05) is 13.0 Å². The summed E-state index contributed by atoms with van der Waals surface area (Å²) in [6.07, 6.45) is 5.64. The highest BCUT2D eigenvalue weighted by Crippen LogP contribution is 2.26. The Hall–Kier alpha value is -1.33. The summed E-state index contributed by atoms with van der Waals surface area (Å²) in [5.74, 6) is 0.653. The third-order valence-corrected chi connectivity index (χ3v) is 4.99. The first-order valence-corrected chi connectivity index (χ1v) is 8.36. The van der Waals surface area contributed by atoms with Crippen LogP contribution in [0.1, 0.15) is 35.2 Å². The monoisotopic (exact) mass is 321 g/mol. The molecule has 0 unspecified atom stereocenters. The standard InChI is InChI=1S/C15H16ClN3OS/c1-9-6-7-17-13(16)11(9)8-21-15-18-12-5-3-2-4-10(12)14(20)19-15/h6-7H,2-5,8H2,1H3,(H,18,19,20). The van der Waals surface area contributed by atoms with Gasteiger partial charge in [0.1, 0.15) is 5.15 Å². The van der Waals surface area contributed by atoms with Crippen LogP contribution in [0.15, 0.2) is 22.2 Å². The number of aromatic nitrogens is 3. The van der Waals surface area contributed by atoms with Gasteiger partial charge in [-0.3, -0.25) is 4.79 Å². The molecule has 2 aromatic rings. The quantitative estimate of drug-likeness (QED) is 0.535. The summed E-state index contributed by atoms with van der Waals surface area (Å²) in [6.45, 7) is 2.01. The molecule has 110 valence electrons. The van der Waals surface area contributed by atoms with Crippen LogP contribution in [-0.4, -0.2) is 15.0 Å². The van der Waals surface area contributed by atoms with E-state index in [9.17, 15) is 4.79 Å². The van der Waals surface area contributed by atoms with Gasteiger partial charge in [0.2, 0.25) is 0 Å². The molecule has 0 saturated heterocycles. The first kappa shape index (κ1) is 14.6. The second-order valence-electron chi connectivity index (χ2n) is 5.19. The average Bonchev–Trinajstić information content (AvgIpc) is 2.47. The van der Waals surface area contributed by atoms with Crippen LogP contribution in [0.4, 0.5) is 0 Å². The number of thioether (sulfide) groups is 1. The maximum atomic E-state index is 12.1. The van der Waals surface area contributed by atoms with E-state index >= 15 is 0 Å². The summed E-state index contributed by atoms with van der Waals surface area (Å²) in [7, 11) is 0. The lowest BCUT2D eigenvalue weighted by molar-refractivity contribution is 0.641. The van der Waals surface area contributed by atoms with Gasteiger partial charge >= 0.3 is 0 Å². The summed E-state index contributed by atoms with van der Waals surface area (Å²) in [6, 6.07) is 1.94. The molecule has 4 nitrogen and oxygen atoms in total. The Balaban J connectivity index is 1.83. The van der Waals surface area contributed by atoms with Crippen molar-refractivity contribution in [1.29, 1.82) is 0 Å². The lowest BCUT2D eigenvalue weighted by atomic mass is 9.97. The van der Waals surface area contributed by atoms with Gasteiger partial charge in [0.15, 0.2) is 5.16 Å². The lowest BCUT2D eigenvalue weighted by Gasteiger charge is -2.14. The van der Waals surface area contributed by atoms with Crippen LogP contribution in [0.5, 0.6) is 0 Å². The SMILES string of the molecule is Cc1ccnc(Cl)c1CSc1nc2c(c(=O)[nH]1)CCCC2. The van der Waals surface area contributed by atoms with E-state index in [-0.39, 0.29) is 5.56 Å². The van der Waals surface area contributed by atoms with E-state index in [1.165, 1.54) is 11.8 Å². The molecule has 0 atom stereocenters. The van der Waals surface area contributed by atoms with Crippen molar-refractivity contribution in [3.05, 3.63) is 50.2 Å². The van der Waals surface area contributed by atoms with Gasteiger partial charge in [-0.25, -0.2) is 9.97 Å². The summed E-state index contributed by atoms with van der Waals surface area (Å²) in [4.78, 5) is 23.7. The Kier molecular flexibility index (Phi) is 4.31. The summed E-state index contributed by atoms with van der Waals surface area (Å²) >= 11 is 7.62. The van der Waals surface area contributed by atoms with E-state index < -0.39 is 0 Å². The van der Waals surface area contributed by atoms with E-state index in [0.29, 0.717) is 16.1 Å². The minimum atomic E-state index is 0.0104. The van der Waals surface area contributed by atoms with Crippen molar-refractivity contribution in [2.24, 2.45) is 0 Å². The number of pyridine rings is 1. The molecule has 0 spiro atoms. The number of hydrogen-bond acceptors (Lipinski definition) is 4. The fourth-order valence-electron chi connectivity index (χ4n) is 2.52. The van der Waals surface area contributed by atoms with Gasteiger partial charge in [-0.05, 0) is 44.2 Å². The molecule has 0 saturated carbocycles. The molecule has 0 aromatic carbocycles. The summed E-state index contributed by atoms with van der Waals surface area (Å²) < 4.78 is 0. The first-order chi connectivity index (χ1) is 10.1. The number of aromatic amines is 1. The number of halogens is 1. The van der Waals surface area contributed by atoms with Crippen LogP contribution in [0.2, 0.25) is 5.15 Å². The second-order valence-corrected chi connectivity index (χ2v) is 6.51. The molecule has 6 heteroatoms. The van der Waals surface area contributed by atoms with Gasteiger partial charge in [-0.1, -0.05) is 23.4 Å². The third-order valence-electron chi connectivity index (χ3n) is 3.76.